The van der Waals surface area contributed by atoms with Crippen molar-refractivity contribution < 1.29 is 9.50 Å². The number of aliphatic hydroxyl groups is 1. The maximum absolute atomic E-state index is 13.1. The molecule has 2 N–H and O–H groups in total. The number of nitrogens with one attached hydrogen (secondary N) is 1. The van der Waals surface area contributed by atoms with Gasteiger partial charge < -0.3 is 10.4 Å². The van der Waals surface area contributed by atoms with Crippen molar-refractivity contribution in [2.75, 3.05) is 5.32 Å². The van der Waals surface area contributed by atoms with Crippen LogP contribution >= 0.6 is 0 Å². The fraction of sp³-hybridized carbons (Fsp3) is 0.400. The third-order valence-electron chi connectivity index (χ3n) is 2.45. The molecule has 0 amide bonds. The molecule has 2 rings (SSSR count). The first-order chi connectivity index (χ1) is 6.27. The van der Waals surface area contributed by atoms with Gasteiger partial charge in [-0.1, -0.05) is 12.1 Å². The molecule has 0 unspecified atom stereocenters. The van der Waals surface area contributed by atoms with Crippen molar-refractivity contribution in [2.45, 2.75) is 25.0 Å². The van der Waals surface area contributed by atoms with Gasteiger partial charge in [-0.25, -0.2) is 4.39 Å². The monoisotopic (exact) mass is 181 g/mol. The van der Waals surface area contributed by atoms with E-state index >= 15 is 0 Å². The van der Waals surface area contributed by atoms with E-state index in [1.54, 1.807) is 18.2 Å². The fourth-order valence-corrected chi connectivity index (χ4v) is 1.43. The summed E-state index contributed by atoms with van der Waals surface area (Å²) in [5.41, 5.74) is 0.478. The maximum atomic E-state index is 13.1. The predicted octanol–water partition coefficient (Wildman–Crippen LogP) is 1.76. The second kappa shape index (κ2) is 3.34. The van der Waals surface area contributed by atoms with Crippen molar-refractivity contribution in [3.05, 3.63) is 30.1 Å². The Bertz CT molecular complexity index is 303. The average Bonchev–Trinajstić information content (AvgIpc) is 2.14. The zero-order valence-corrected chi connectivity index (χ0v) is 7.20. The molecule has 0 heterocycles. The van der Waals surface area contributed by atoms with Crippen LogP contribution in [0.2, 0.25) is 0 Å². The van der Waals surface area contributed by atoms with Crippen LogP contribution in [0.3, 0.4) is 0 Å². The smallest absolute Gasteiger partial charge is 0.146 e. The van der Waals surface area contributed by atoms with E-state index in [4.69, 9.17) is 0 Å². The van der Waals surface area contributed by atoms with Crippen molar-refractivity contribution >= 4 is 5.69 Å². The van der Waals surface area contributed by atoms with E-state index in [-0.39, 0.29) is 18.0 Å². The van der Waals surface area contributed by atoms with Crippen molar-refractivity contribution in [1.82, 2.24) is 0 Å². The summed E-state index contributed by atoms with van der Waals surface area (Å²) >= 11 is 0. The Labute approximate surface area is 76.4 Å². The minimum atomic E-state index is -0.320. The van der Waals surface area contributed by atoms with Gasteiger partial charge in [0.25, 0.3) is 0 Å². The Hall–Kier alpha value is -1.09. The summed E-state index contributed by atoms with van der Waals surface area (Å²) in [6, 6.07) is 6.54. The molecule has 1 fully saturated rings. The number of aliphatic hydroxyl groups excluding tert-OH is 1. The molecule has 1 saturated carbocycles. The van der Waals surface area contributed by atoms with Crippen molar-refractivity contribution in [2.24, 2.45) is 0 Å². The molecule has 13 heavy (non-hydrogen) atoms. The number of anilines is 1. The van der Waals surface area contributed by atoms with Gasteiger partial charge in [0.1, 0.15) is 5.82 Å². The van der Waals surface area contributed by atoms with E-state index < -0.39 is 0 Å². The topological polar surface area (TPSA) is 32.3 Å². The van der Waals surface area contributed by atoms with E-state index in [0.29, 0.717) is 5.69 Å². The highest BCUT2D eigenvalue weighted by Gasteiger charge is 2.28. The Morgan fingerprint density at radius 2 is 2.08 bits per heavy atom. The molecule has 0 spiro atoms. The lowest BCUT2D eigenvalue weighted by Crippen LogP contribution is -2.42. The summed E-state index contributed by atoms with van der Waals surface area (Å²) in [5.74, 6) is -0.262. The van der Waals surface area contributed by atoms with E-state index in [1.807, 2.05) is 0 Å². The predicted molar refractivity (Wildman–Crippen MR) is 49.1 cm³/mol. The number of benzene rings is 1. The Balaban J connectivity index is 2.05. The van der Waals surface area contributed by atoms with Gasteiger partial charge in [0.2, 0.25) is 0 Å². The molecule has 1 aliphatic rings. The highest BCUT2D eigenvalue weighted by atomic mass is 19.1. The minimum absolute atomic E-state index is 0.0249. The fourth-order valence-electron chi connectivity index (χ4n) is 1.43. The van der Waals surface area contributed by atoms with Crippen LogP contribution < -0.4 is 5.32 Å². The van der Waals surface area contributed by atoms with Crippen LogP contribution in [-0.4, -0.2) is 17.3 Å². The van der Waals surface area contributed by atoms with Gasteiger partial charge >= 0.3 is 0 Å². The summed E-state index contributed by atoms with van der Waals surface area (Å²) in [7, 11) is 0. The minimum Gasteiger partial charge on any atom is -0.391 e. The van der Waals surface area contributed by atoms with Crippen molar-refractivity contribution in [3.63, 3.8) is 0 Å². The summed E-state index contributed by atoms with van der Waals surface area (Å²) in [5, 5.41) is 12.2. The molecule has 1 aliphatic carbocycles. The van der Waals surface area contributed by atoms with Gasteiger partial charge in [-0.3, -0.25) is 0 Å². The summed E-state index contributed by atoms with van der Waals surface area (Å²) < 4.78 is 13.1. The molecule has 70 valence electrons. The lowest BCUT2D eigenvalue weighted by molar-refractivity contribution is 0.0784. The lowest BCUT2D eigenvalue weighted by atomic mass is 9.89. The van der Waals surface area contributed by atoms with Gasteiger partial charge in [-0.05, 0) is 25.0 Å². The highest BCUT2D eigenvalue weighted by Crippen LogP contribution is 2.25. The summed E-state index contributed by atoms with van der Waals surface area (Å²) in [6.45, 7) is 0. The van der Waals surface area contributed by atoms with Gasteiger partial charge in [0.05, 0.1) is 17.8 Å². The third kappa shape index (κ3) is 1.65. The largest absolute Gasteiger partial charge is 0.391 e. The number of rotatable bonds is 2. The molecular formula is C10H12FNO. The van der Waals surface area contributed by atoms with Crippen LogP contribution in [-0.2, 0) is 0 Å². The van der Waals surface area contributed by atoms with E-state index in [2.05, 4.69) is 5.32 Å². The molecule has 0 radical (unpaired) electrons. The quantitative estimate of drug-likeness (QED) is 0.728. The van der Waals surface area contributed by atoms with Crippen LogP contribution in [0.1, 0.15) is 12.8 Å². The van der Waals surface area contributed by atoms with E-state index in [0.717, 1.165) is 12.8 Å². The van der Waals surface area contributed by atoms with Crippen molar-refractivity contribution in [3.8, 4) is 0 Å². The number of halogens is 1. The zero-order valence-electron chi connectivity index (χ0n) is 7.20. The zero-order chi connectivity index (χ0) is 9.26. The normalized spacial score (nSPS) is 26.6. The standard InChI is InChI=1S/C10H12FNO/c11-7-3-1-2-4-8(7)12-9-5-6-10(9)13/h1-4,9-10,12-13H,5-6H2/t9-,10-/m1/s1. The Kier molecular flexibility index (Phi) is 2.19. The van der Waals surface area contributed by atoms with Crippen LogP contribution in [0.4, 0.5) is 10.1 Å². The first-order valence-corrected chi connectivity index (χ1v) is 4.46. The molecule has 1 aromatic carbocycles. The van der Waals surface area contributed by atoms with Crippen LogP contribution in [0, 0.1) is 5.82 Å². The molecule has 0 saturated heterocycles. The van der Waals surface area contributed by atoms with Crippen LogP contribution in [0.5, 0.6) is 0 Å². The first kappa shape index (κ1) is 8.51. The van der Waals surface area contributed by atoms with Crippen molar-refractivity contribution in [1.29, 1.82) is 0 Å². The second-order valence-electron chi connectivity index (χ2n) is 3.38. The first-order valence-electron chi connectivity index (χ1n) is 4.46. The summed E-state index contributed by atoms with van der Waals surface area (Å²) in [6.07, 6.45) is 1.40. The Morgan fingerprint density at radius 1 is 1.31 bits per heavy atom. The number of hydrogen-bond acceptors (Lipinski definition) is 2. The third-order valence-corrected chi connectivity index (χ3v) is 2.45. The Morgan fingerprint density at radius 3 is 2.62 bits per heavy atom. The number of hydrogen-bond donors (Lipinski definition) is 2. The molecule has 0 aliphatic heterocycles. The second-order valence-corrected chi connectivity index (χ2v) is 3.38. The molecular weight excluding hydrogens is 169 g/mol. The van der Waals surface area contributed by atoms with Gasteiger partial charge in [-0.15, -0.1) is 0 Å². The molecule has 2 atom stereocenters. The van der Waals surface area contributed by atoms with Crippen LogP contribution in [0.15, 0.2) is 24.3 Å². The van der Waals surface area contributed by atoms with E-state index in [1.165, 1.54) is 6.07 Å². The number of para-hydroxylation sites is 1. The van der Waals surface area contributed by atoms with Gasteiger partial charge in [0, 0.05) is 0 Å². The molecule has 1 aromatic rings. The van der Waals surface area contributed by atoms with E-state index in [9.17, 15) is 9.50 Å². The molecule has 0 bridgehead atoms. The van der Waals surface area contributed by atoms with Crippen LogP contribution in [0.25, 0.3) is 0 Å². The van der Waals surface area contributed by atoms with Gasteiger partial charge in [-0.2, -0.15) is 0 Å². The molecule has 2 nitrogen and oxygen atoms in total. The molecule has 0 aromatic heterocycles. The summed E-state index contributed by atoms with van der Waals surface area (Å²) in [4.78, 5) is 0. The average molecular weight is 181 g/mol. The molecule has 3 heteroatoms. The lowest BCUT2D eigenvalue weighted by Gasteiger charge is -2.33. The maximum Gasteiger partial charge on any atom is 0.146 e. The van der Waals surface area contributed by atoms with Gasteiger partial charge in [0.15, 0.2) is 0 Å². The highest BCUT2D eigenvalue weighted by molar-refractivity contribution is 5.45. The SMILES string of the molecule is O[C@@H]1CC[C@H]1Nc1ccccc1F.